The van der Waals surface area contributed by atoms with Gasteiger partial charge >= 0.3 is 0 Å². The van der Waals surface area contributed by atoms with E-state index in [1.807, 2.05) is 4.90 Å². The zero-order valence-corrected chi connectivity index (χ0v) is 10.7. The monoisotopic (exact) mass is 241 g/mol. The molecule has 2 heterocycles. The van der Waals surface area contributed by atoms with Crippen LogP contribution in [0.3, 0.4) is 0 Å². The Balaban J connectivity index is 1.80. The number of hydrogen-bond donors (Lipinski definition) is 1. The van der Waals surface area contributed by atoms with Gasteiger partial charge in [-0.25, -0.2) is 0 Å². The molecular weight excluding hydrogens is 218 g/mol. The molecule has 0 radical (unpaired) electrons. The Bertz CT molecular complexity index is 250. The lowest BCUT2D eigenvalue weighted by Gasteiger charge is -2.39. The van der Waals surface area contributed by atoms with Gasteiger partial charge in [-0.15, -0.1) is 0 Å². The highest BCUT2D eigenvalue weighted by Gasteiger charge is 2.27. The van der Waals surface area contributed by atoms with Gasteiger partial charge in [0.15, 0.2) is 0 Å². The van der Waals surface area contributed by atoms with Crippen LogP contribution in [0.1, 0.15) is 13.3 Å². The molecule has 2 rings (SSSR count). The van der Waals surface area contributed by atoms with Crippen LogP contribution in [-0.2, 0) is 9.53 Å². The lowest BCUT2D eigenvalue weighted by molar-refractivity contribution is -0.137. The molecule has 0 atom stereocenters. The van der Waals surface area contributed by atoms with Crippen molar-refractivity contribution in [2.75, 3.05) is 52.5 Å². The van der Waals surface area contributed by atoms with E-state index in [-0.39, 0.29) is 5.91 Å². The van der Waals surface area contributed by atoms with Crippen LogP contribution in [0.15, 0.2) is 0 Å². The van der Waals surface area contributed by atoms with Gasteiger partial charge in [-0.05, 0) is 13.0 Å². The number of amides is 1. The van der Waals surface area contributed by atoms with Gasteiger partial charge < -0.3 is 15.0 Å². The predicted octanol–water partition coefficient (Wildman–Crippen LogP) is -0.471. The van der Waals surface area contributed by atoms with Crippen molar-refractivity contribution in [3.63, 3.8) is 0 Å². The average molecular weight is 241 g/mol. The molecule has 5 heteroatoms. The van der Waals surface area contributed by atoms with Gasteiger partial charge in [0.1, 0.15) is 0 Å². The largest absolute Gasteiger partial charge is 0.378 e. The van der Waals surface area contributed by atoms with E-state index in [4.69, 9.17) is 4.74 Å². The highest BCUT2D eigenvalue weighted by molar-refractivity contribution is 5.78. The van der Waals surface area contributed by atoms with Crippen molar-refractivity contribution in [1.82, 2.24) is 15.1 Å². The third-order valence-electron chi connectivity index (χ3n) is 3.49. The summed E-state index contributed by atoms with van der Waals surface area (Å²) in [5.41, 5.74) is 0. The van der Waals surface area contributed by atoms with Gasteiger partial charge in [0, 0.05) is 32.2 Å². The van der Waals surface area contributed by atoms with Crippen molar-refractivity contribution < 1.29 is 9.53 Å². The van der Waals surface area contributed by atoms with Gasteiger partial charge in [-0.2, -0.15) is 0 Å². The zero-order valence-electron chi connectivity index (χ0n) is 10.7. The summed E-state index contributed by atoms with van der Waals surface area (Å²) in [6, 6.07) is 0.556. The molecule has 0 aromatic rings. The Labute approximate surface area is 103 Å². The minimum atomic E-state index is 0.258. The van der Waals surface area contributed by atoms with E-state index in [2.05, 4.69) is 17.1 Å². The lowest BCUT2D eigenvalue weighted by Crippen LogP contribution is -2.59. The zero-order chi connectivity index (χ0) is 12.1. The summed E-state index contributed by atoms with van der Waals surface area (Å²) in [5, 5.41) is 3.27. The van der Waals surface area contributed by atoms with E-state index >= 15 is 0 Å². The van der Waals surface area contributed by atoms with Gasteiger partial charge in [0.25, 0.3) is 0 Å². The molecule has 5 nitrogen and oxygen atoms in total. The second-order valence-electron chi connectivity index (χ2n) is 4.78. The molecule has 2 aliphatic rings. The second kappa shape index (κ2) is 6.33. The molecule has 0 bridgehead atoms. The van der Waals surface area contributed by atoms with Gasteiger partial charge in [0.05, 0.1) is 19.8 Å². The lowest BCUT2D eigenvalue weighted by atomic mass is 10.1. The molecule has 0 aromatic carbocycles. The maximum atomic E-state index is 12.1. The van der Waals surface area contributed by atoms with E-state index in [9.17, 15) is 4.79 Å². The highest BCUT2D eigenvalue weighted by Crippen LogP contribution is 2.07. The molecular formula is C12H23N3O2. The molecule has 2 aliphatic heterocycles. The molecule has 0 spiro atoms. The summed E-state index contributed by atoms with van der Waals surface area (Å²) in [5.74, 6) is 0.258. The van der Waals surface area contributed by atoms with Gasteiger partial charge in [-0.1, -0.05) is 6.92 Å². The molecule has 1 amide bonds. The quantitative estimate of drug-likeness (QED) is 0.707. The maximum absolute atomic E-state index is 12.1. The number of morpholine rings is 1. The van der Waals surface area contributed by atoms with E-state index in [1.54, 1.807) is 0 Å². The molecule has 0 saturated carbocycles. The fourth-order valence-electron chi connectivity index (χ4n) is 2.30. The van der Waals surface area contributed by atoms with Crippen LogP contribution in [0.25, 0.3) is 0 Å². The minimum absolute atomic E-state index is 0.258. The third-order valence-corrected chi connectivity index (χ3v) is 3.49. The Morgan fingerprint density at radius 3 is 2.65 bits per heavy atom. The molecule has 17 heavy (non-hydrogen) atoms. The second-order valence-corrected chi connectivity index (χ2v) is 4.78. The standard InChI is InChI=1S/C12H23N3O2/c1-2-3-15(11-8-13-9-11)10-12(16)14-4-6-17-7-5-14/h11,13H,2-10H2,1H3. The first-order chi connectivity index (χ1) is 8.31. The van der Waals surface area contributed by atoms with Crippen LogP contribution in [0.2, 0.25) is 0 Å². The fourth-order valence-corrected chi connectivity index (χ4v) is 2.30. The summed E-state index contributed by atoms with van der Waals surface area (Å²) >= 11 is 0. The van der Waals surface area contributed by atoms with Crippen LogP contribution in [0.5, 0.6) is 0 Å². The van der Waals surface area contributed by atoms with Crippen LogP contribution >= 0.6 is 0 Å². The van der Waals surface area contributed by atoms with E-state index < -0.39 is 0 Å². The van der Waals surface area contributed by atoms with Crippen LogP contribution in [0, 0.1) is 0 Å². The van der Waals surface area contributed by atoms with Crippen LogP contribution in [0.4, 0.5) is 0 Å². The summed E-state index contributed by atoms with van der Waals surface area (Å²) in [7, 11) is 0. The van der Waals surface area contributed by atoms with Crippen LogP contribution in [-0.4, -0.2) is 74.2 Å². The minimum Gasteiger partial charge on any atom is -0.378 e. The smallest absolute Gasteiger partial charge is 0.236 e. The Morgan fingerprint density at radius 1 is 1.41 bits per heavy atom. The van der Waals surface area contributed by atoms with E-state index in [0.29, 0.717) is 25.8 Å². The molecule has 0 aromatic heterocycles. The van der Waals surface area contributed by atoms with Crippen molar-refractivity contribution in [3.8, 4) is 0 Å². The van der Waals surface area contributed by atoms with Gasteiger partial charge in [-0.3, -0.25) is 9.69 Å². The Hall–Kier alpha value is -0.650. The summed E-state index contributed by atoms with van der Waals surface area (Å²) in [4.78, 5) is 16.4. The first-order valence-corrected chi connectivity index (χ1v) is 6.61. The fraction of sp³-hybridized carbons (Fsp3) is 0.917. The summed E-state index contributed by atoms with van der Waals surface area (Å²) < 4.78 is 5.26. The maximum Gasteiger partial charge on any atom is 0.236 e. The summed E-state index contributed by atoms with van der Waals surface area (Å²) in [6.45, 7) is 8.67. The topological polar surface area (TPSA) is 44.8 Å². The first kappa shape index (κ1) is 12.8. The van der Waals surface area contributed by atoms with E-state index in [0.717, 1.165) is 39.1 Å². The number of carbonyl (C=O) groups is 1. The third kappa shape index (κ3) is 3.40. The number of nitrogens with one attached hydrogen (secondary N) is 1. The van der Waals surface area contributed by atoms with Crippen molar-refractivity contribution >= 4 is 5.91 Å². The number of hydrogen-bond acceptors (Lipinski definition) is 4. The van der Waals surface area contributed by atoms with Crippen molar-refractivity contribution in [1.29, 1.82) is 0 Å². The van der Waals surface area contributed by atoms with Crippen molar-refractivity contribution in [2.24, 2.45) is 0 Å². The van der Waals surface area contributed by atoms with Gasteiger partial charge in [0.2, 0.25) is 5.91 Å². The molecule has 2 saturated heterocycles. The molecule has 98 valence electrons. The summed E-state index contributed by atoms with van der Waals surface area (Å²) in [6.07, 6.45) is 1.10. The first-order valence-electron chi connectivity index (χ1n) is 6.61. The number of rotatable bonds is 5. The molecule has 0 aliphatic carbocycles. The highest BCUT2D eigenvalue weighted by atomic mass is 16.5. The molecule has 2 fully saturated rings. The number of nitrogens with zero attached hydrogens (tertiary/aromatic N) is 2. The van der Waals surface area contributed by atoms with Crippen LogP contribution < -0.4 is 5.32 Å². The Kier molecular flexibility index (Phi) is 4.76. The Morgan fingerprint density at radius 2 is 2.12 bits per heavy atom. The normalized spacial score (nSPS) is 21.6. The van der Waals surface area contributed by atoms with Crippen molar-refractivity contribution in [2.45, 2.75) is 19.4 Å². The van der Waals surface area contributed by atoms with E-state index in [1.165, 1.54) is 0 Å². The molecule has 0 unspecified atom stereocenters. The predicted molar refractivity (Wildman–Crippen MR) is 65.9 cm³/mol. The molecule has 1 N–H and O–H groups in total. The number of ether oxygens (including phenoxy) is 1. The van der Waals surface area contributed by atoms with Crippen molar-refractivity contribution in [3.05, 3.63) is 0 Å². The average Bonchev–Trinajstić information content (AvgIpc) is 2.28. The number of carbonyl (C=O) groups excluding carboxylic acids is 1. The SMILES string of the molecule is CCCN(CC(=O)N1CCOCC1)C1CNC1.